The first-order valence-corrected chi connectivity index (χ1v) is 9.32. The summed E-state index contributed by atoms with van der Waals surface area (Å²) in [6.45, 7) is 2.70. The number of nitrogens with zero attached hydrogens (tertiary/aromatic N) is 2. The second-order valence-electron chi connectivity index (χ2n) is 6.90. The summed E-state index contributed by atoms with van der Waals surface area (Å²) in [5.41, 5.74) is 2.18. The summed E-state index contributed by atoms with van der Waals surface area (Å²) in [5, 5.41) is 3.83. The Balaban J connectivity index is 1.34. The molecule has 1 aromatic heterocycles. The molecule has 4 rings (SSSR count). The van der Waals surface area contributed by atoms with Gasteiger partial charge in [0.25, 0.3) is 0 Å². The number of aromatic nitrogens is 1. The van der Waals surface area contributed by atoms with Gasteiger partial charge in [-0.25, -0.2) is 4.98 Å². The summed E-state index contributed by atoms with van der Waals surface area (Å²) in [7, 11) is 0. The molecule has 1 aliphatic carbocycles. The van der Waals surface area contributed by atoms with Crippen LogP contribution in [0.25, 0.3) is 0 Å². The van der Waals surface area contributed by atoms with Crippen molar-refractivity contribution in [3.8, 4) is 0 Å². The fourth-order valence-electron chi connectivity index (χ4n) is 3.61. The number of benzene rings is 1. The lowest BCUT2D eigenvalue weighted by atomic mass is 10.1. The summed E-state index contributed by atoms with van der Waals surface area (Å²) in [6, 6.07) is 11.9. The fourth-order valence-corrected chi connectivity index (χ4v) is 3.89. The van der Waals surface area contributed by atoms with Crippen molar-refractivity contribution in [3.05, 3.63) is 58.7 Å². The van der Waals surface area contributed by atoms with Crippen molar-refractivity contribution in [3.63, 3.8) is 0 Å². The van der Waals surface area contributed by atoms with Crippen LogP contribution in [0.3, 0.4) is 0 Å². The van der Waals surface area contributed by atoms with Crippen LogP contribution in [-0.4, -0.2) is 24.0 Å². The van der Waals surface area contributed by atoms with E-state index in [9.17, 15) is 4.79 Å². The lowest BCUT2D eigenvalue weighted by molar-refractivity contribution is -0.122. The van der Waals surface area contributed by atoms with E-state index in [1.807, 2.05) is 36.5 Å². The van der Waals surface area contributed by atoms with E-state index in [1.54, 1.807) is 0 Å². The molecule has 2 aromatic rings. The average molecular weight is 356 g/mol. The van der Waals surface area contributed by atoms with E-state index in [2.05, 4.69) is 21.3 Å². The Morgan fingerprint density at radius 3 is 2.84 bits per heavy atom. The van der Waals surface area contributed by atoms with E-state index in [-0.39, 0.29) is 17.7 Å². The first kappa shape index (κ1) is 16.4. The number of pyridine rings is 1. The van der Waals surface area contributed by atoms with Crippen LogP contribution in [0.2, 0.25) is 5.02 Å². The lowest BCUT2D eigenvalue weighted by Gasteiger charge is -2.17. The molecule has 0 radical (unpaired) electrons. The van der Waals surface area contributed by atoms with E-state index in [0.717, 1.165) is 41.5 Å². The molecule has 25 heavy (non-hydrogen) atoms. The standard InChI is InChI=1S/C20H22ClN3O/c21-18-6-2-1-5-15(18)16-12-17(16)20(25)23-13-14-7-8-22-19(11-14)24-9-3-4-10-24/h1-2,5-8,11,16-17H,3-4,9-10,12-13H2,(H,23,25). The summed E-state index contributed by atoms with van der Waals surface area (Å²) >= 11 is 6.24. The van der Waals surface area contributed by atoms with Gasteiger partial charge in [-0.3, -0.25) is 4.79 Å². The normalized spacial score (nSPS) is 22.0. The monoisotopic (exact) mass is 355 g/mol. The highest BCUT2D eigenvalue weighted by atomic mass is 35.5. The molecular weight excluding hydrogens is 334 g/mol. The summed E-state index contributed by atoms with van der Waals surface area (Å²) < 4.78 is 0. The number of carbonyl (C=O) groups is 1. The zero-order valence-corrected chi connectivity index (χ0v) is 14.9. The molecule has 0 bridgehead atoms. The second kappa shape index (κ2) is 7.04. The van der Waals surface area contributed by atoms with Crippen molar-refractivity contribution in [1.29, 1.82) is 0 Å². The van der Waals surface area contributed by atoms with Gasteiger partial charge in [-0.1, -0.05) is 29.8 Å². The lowest BCUT2D eigenvalue weighted by Crippen LogP contribution is -2.25. The highest BCUT2D eigenvalue weighted by Gasteiger charge is 2.44. The molecule has 1 N–H and O–H groups in total. The van der Waals surface area contributed by atoms with Crippen molar-refractivity contribution >= 4 is 23.3 Å². The van der Waals surface area contributed by atoms with Crippen molar-refractivity contribution in [2.24, 2.45) is 5.92 Å². The minimum absolute atomic E-state index is 0.0415. The Labute approximate surface area is 153 Å². The number of hydrogen-bond acceptors (Lipinski definition) is 3. The number of carbonyl (C=O) groups excluding carboxylic acids is 1. The van der Waals surface area contributed by atoms with Crippen molar-refractivity contribution in [1.82, 2.24) is 10.3 Å². The van der Waals surface area contributed by atoms with Gasteiger partial charge in [0, 0.05) is 36.8 Å². The van der Waals surface area contributed by atoms with Crippen LogP contribution in [0.5, 0.6) is 0 Å². The summed E-state index contributed by atoms with van der Waals surface area (Å²) in [6.07, 6.45) is 5.17. The first-order valence-electron chi connectivity index (χ1n) is 8.94. The Hall–Kier alpha value is -2.07. The van der Waals surface area contributed by atoms with Gasteiger partial charge in [0.05, 0.1) is 0 Å². The molecule has 2 heterocycles. The summed E-state index contributed by atoms with van der Waals surface area (Å²) in [4.78, 5) is 19.2. The van der Waals surface area contributed by atoms with Crippen molar-refractivity contribution in [2.75, 3.05) is 18.0 Å². The molecule has 2 fully saturated rings. The summed E-state index contributed by atoms with van der Waals surface area (Å²) in [5.74, 6) is 1.43. The van der Waals surface area contributed by atoms with Gasteiger partial charge in [-0.05, 0) is 54.5 Å². The Morgan fingerprint density at radius 1 is 1.24 bits per heavy atom. The quantitative estimate of drug-likeness (QED) is 0.888. The molecule has 4 nitrogen and oxygen atoms in total. The smallest absolute Gasteiger partial charge is 0.224 e. The van der Waals surface area contributed by atoms with Gasteiger partial charge in [0.1, 0.15) is 5.82 Å². The fraction of sp³-hybridized carbons (Fsp3) is 0.400. The van der Waals surface area contributed by atoms with E-state index < -0.39 is 0 Å². The maximum Gasteiger partial charge on any atom is 0.224 e. The molecule has 130 valence electrons. The number of hydrogen-bond donors (Lipinski definition) is 1. The van der Waals surface area contributed by atoms with Gasteiger partial charge in [0.15, 0.2) is 0 Å². The topological polar surface area (TPSA) is 45.2 Å². The molecule has 1 saturated heterocycles. The SMILES string of the molecule is O=C(NCc1ccnc(N2CCCC2)c1)C1CC1c1ccccc1Cl. The molecule has 1 saturated carbocycles. The molecule has 5 heteroatoms. The van der Waals surface area contributed by atoms with Gasteiger partial charge < -0.3 is 10.2 Å². The molecule has 0 spiro atoms. The maximum atomic E-state index is 12.4. The predicted octanol–water partition coefficient (Wildman–Crippen LogP) is 3.76. The van der Waals surface area contributed by atoms with Crippen LogP contribution in [0.4, 0.5) is 5.82 Å². The molecular formula is C20H22ClN3O. The number of rotatable bonds is 5. The third kappa shape index (κ3) is 3.64. The third-order valence-electron chi connectivity index (χ3n) is 5.14. The zero-order valence-electron chi connectivity index (χ0n) is 14.1. The van der Waals surface area contributed by atoms with Crippen LogP contribution < -0.4 is 10.2 Å². The number of nitrogens with one attached hydrogen (secondary N) is 1. The molecule has 2 unspecified atom stereocenters. The molecule has 1 aliphatic heterocycles. The van der Waals surface area contributed by atoms with E-state index in [4.69, 9.17) is 11.6 Å². The van der Waals surface area contributed by atoms with Crippen LogP contribution in [0, 0.1) is 5.92 Å². The number of anilines is 1. The third-order valence-corrected chi connectivity index (χ3v) is 5.48. The van der Waals surface area contributed by atoms with E-state index in [0.29, 0.717) is 6.54 Å². The van der Waals surface area contributed by atoms with Crippen molar-refractivity contribution in [2.45, 2.75) is 31.7 Å². The van der Waals surface area contributed by atoms with E-state index >= 15 is 0 Å². The largest absolute Gasteiger partial charge is 0.357 e. The van der Waals surface area contributed by atoms with Gasteiger partial charge in [0.2, 0.25) is 5.91 Å². The van der Waals surface area contributed by atoms with Crippen LogP contribution in [0.1, 0.15) is 36.3 Å². The average Bonchev–Trinajstić information content (AvgIpc) is 3.23. The number of halogens is 1. The first-order chi connectivity index (χ1) is 12.2. The molecule has 2 atom stereocenters. The van der Waals surface area contributed by atoms with Gasteiger partial charge >= 0.3 is 0 Å². The Kier molecular flexibility index (Phi) is 4.62. The number of amides is 1. The molecule has 1 aromatic carbocycles. The van der Waals surface area contributed by atoms with Crippen LogP contribution in [-0.2, 0) is 11.3 Å². The molecule has 2 aliphatic rings. The van der Waals surface area contributed by atoms with Crippen LogP contribution in [0.15, 0.2) is 42.6 Å². The van der Waals surface area contributed by atoms with Gasteiger partial charge in [-0.2, -0.15) is 0 Å². The van der Waals surface area contributed by atoms with Crippen LogP contribution >= 0.6 is 11.6 Å². The minimum Gasteiger partial charge on any atom is -0.357 e. The zero-order chi connectivity index (χ0) is 17.2. The van der Waals surface area contributed by atoms with Gasteiger partial charge in [-0.15, -0.1) is 0 Å². The highest BCUT2D eigenvalue weighted by molar-refractivity contribution is 6.31. The maximum absolute atomic E-state index is 12.4. The second-order valence-corrected chi connectivity index (χ2v) is 7.31. The highest BCUT2D eigenvalue weighted by Crippen LogP contribution is 2.49. The minimum atomic E-state index is 0.0415. The van der Waals surface area contributed by atoms with E-state index in [1.165, 1.54) is 12.8 Å². The Bertz CT molecular complexity index is 773. The predicted molar refractivity (Wildman–Crippen MR) is 99.8 cm³/mol. The van der Waals surface area contributed by atoms with Crippen molar-refractivity contribution < 1.29 is 4.79 Å². The molecule has 1 amide bonds. The Morgan fingerprint density at radius 2 is 2.04 bits per heavy atom.